The van der Waals surface area contributed by atoms with Crippen molar-refractivity contribution in [3.63, 3.8) is 0 Å². The average molecular weight is 515 g/mol. The zero-order valence-electron chi connectivity index (χ0n) is 17.9. The number of nitrogens with one attached hydrogen (secondary N) is 2. The van der Waals surface area contributed by atoms with E-state index in [4.69, 9.17) is 4.74 Å². The van der Waals surface area contributed by atoms with Gasteiger partial charge in [-0.15, -0.1) is 0 Å². The summed E-state index contributed by atoms with van der Waals surface area (Å²) in [7, 11) is 0. The normalized spacial score (nSPS) is 11.2. The zero-order chi connectivity index (χ0) is 23.5. The molecule has 0 bridgehead atoms. The number of carbonyl (C=O) groups is 1. The molecule has 0 aliphatic carbocycles. The Morgan fingerprint density at radius 2 is 1.45 bits per heavy atom. The molecular formula is C26H25BrF2N2O2. The maximum absolute atomic E-state index is 13.3. The fraction of sp³-hybridized carbons (Fsp3) is 0.192. The highest BCUT2D eigenvalue weighted by Gasteiger charge is 2.15. The summed E-state index contributed by atoms with van der Waals surface area (Å²) >= 11 is 3.39. The maximum Gasteiger partial charge on any atom is 0.224 e. The van der Waals surface area contributed by atoms with E-state index in [0.29, 0.717) is 26.0 Å². The molecule has 1 amide bonds. The number of rotatable bonds is 11. The van der Waals surface area contributed by atoms with Crippen LogP contribution < -0.4 is 10.6 Å². The first kappa shape index (κ1) is 24.6. The highest BCUT2D eigenvalue weighted by molar-refractivity contribution is 9.10. The van der Waals surface area contributed by atoms with Crippen LogP contribution in [0.3, 0.4) is 0 Å². The van der Waals surface area contributed by atoms with Crippen LogP contribution in [-0.4, -0.2) is 19.1 Å². The van der Waals surface area contributed by atoms with Gasteiger partial charge in [-0.25, -0.2) is 8.78 Å². The first-order chi connectivity index (χ1) is 16.0. The van der Waals surface area contributed by atoms with Gasteiger partial charge in [0.25, 0.3) is 0 Å². The van der Waals surface area contributed by atoms with E-state index in [1.807, 2.05) is 24.3 Å². The van der Waals surface area contributed by atoms with Crippen molar-refractivity contribution in [3.8, 4) is 0 Å². The number of amides is 1. The van der Waals surface area contributed by atoms with Gasteiger partial charge in [-0.05, 0) is 59.5 Å². The molecule has 0 radical (unpaired) electrons. The van der Waals surface area contributed by atoms with Gasteiger partial charge in [-0.2, -0.15) is 0 Å². The number of aryl methyl sites for hydroxylation is 1. The highest BCUT2D eigenvalue weighted by Crippen LogP contribution is 2.26. The van der Waals surface area contributed by atoms with E-state index in [0.717, 1.165) is 21.2 Å². The Balaban J connectivity index is 1.41. The molecule has 3 rings (SSSR count). The van der Waals surface area contributed by atoms with Crippen LogP contribution >= 0.6 is 15.9 Å². The maximum atomic E-state index is 13.3. The van der Waals surface area contributed by atoms with Crippen LogP contribution in [0.1, 0.15) is 29.2 Å². The Labute approximate surface area is 200 Å². The molecule has 172 valence electrons. The van der Waals surface area contributed by atoms with E-state index in [1.165, 1.54) is 24.3 Å². The Hall–Kier alpha value is -3.03. The molecule has 0 atom stereocenters. The van der Waals surface area contributed by atoms with Crippen molar-refractivity contribution in [3.05, 3.63) is 118 Å². The number of benzene rings is 3. The van der Waals surface area contributed by atoms with Crippen molar-refractivity contribution in [1.82, 2.24) is 10.6 Å². The van der Waals surface area contributed by atoms with Crippen molar-refractivity contribution in [2.24, 2.45) is 0 Å². The van der Waals surface area contributed by atoms with Crippen LogP contribution in [0, 0.1) is 11.6 Å². The van der Waals surface area contributed by atoms with Crippen molar-refractivity contribution in [2.45, 2.75) is 18.9 Å². The topological polar surface area (TPSA) is 50.4 Å². The Morgan fingerprint density at radius 1 is 0.879 bits per heavy atom. The second-order valence-electron chi connectivity index (χ2n) is 7.34. The Morgan fingerprint density at radius 3 is 2.03 bits per heavy atom. The van der Waals surface area contributed by atoms with Gasteiger partial charge in [-0.1, -0.05) is 52.3 Å². The molecule has 0 saturated carbocycles. The van der Waals surface area contributed by atoms with E-state index in [-0.39, 0.29) is 17.5 Å². The van der Waals surface area contributed by atoms with Crippen molar-refractivity contribution in [1.29, 1.82) is 0 Å². The third-order valence-electron chi connectivity index (χ3n) is 4.88. The van der Waals surface area contributed by atoms with Gasteiger partial charge in [0.05, 0.1) is 6.61 Å². The number of carbonyl (C=O) groups excluding carboxylic acids is 1. The van der Waals surface area contributed by atoms with E-state index >= 15 is 0 Å². The molecule has 33 heavy (non-hydrogen) atoms. The third kappa shape index (κ3) is 8.44. The summed E-state index contributed by atoms with van der Waals surface area (Å²) < 4.78 is 33.6. The average Bonchev–Trinajstić information content (AvgIpc) is 2.82. The number of hydrogen-bond donors (Lipinski definition) is 2. The van der Waals surface area contributed by atoms with Crippen LogP contribution in [0.15, 0.2) is 89.7 Å². The standard InChI is InChI=1S/C26H25BrF2N2O2/c27-22-8-1-19(2-9-22)3-14-25(32)31-16-15-30-17-18-33-26(20-4-10-23(28)11-5-20)21-6-12-24(29)13-7-21/h1-2,4-13,15-16,26,30H,3,14,17-18H2,(H,31,32)/b16-15+. The first-order valence-electron chi connectivity index (χ1n) is 10.6. The smallest absolute Gasteiger partial charge is 0.224 e. The quantitative estimate of drug-likeness (QED) is 0.325. The molecular weight excluding hydrogens is 490 g/mol. The lowest BCUT2D eigenvalue weighted by Crippen LogP contribution is -2.20. The minimum atomic E-state index is -0.449. The van der Waals surface area contributed by atoms with Crippen molar-refractivity contribution in [2.75, 3.05) is 13.2 Å². The number of ether oxygens (including phenoxy) is 1. The minimum absolute atomic E-state index is 0.0695. The molecule has 0 aliphatic heterocycles. The number of hydrogen-bond acceptors (Lipinski definition) is 3. The summed E-state index contributed by atoms with van der Waals surface area (Å²) in [6.07, 6.45) is 3.82. The van der Waals surface area contributed by atoms with Crippen molar-refractivity contribution >= 4 is 21.8 Å². The predicted octanol–water partition coefficient (Wildman–Crippen LogP) is 5.64. The molecule has 0 fully saturated rings. The lowest BCUT2D eigenvalue weighted by atomic mass is 10.0. The SMILES string of the molecule is O=C(CCc1ccc(Br)cc1)N/C=C/NCCOC(c1ccc(F)cc1)c1ccc(F)cc1. The molecule has 7 heteroatoms. The van der Waals surface area contributed by atoms with Crippen LogP contribution in [0.25, 0.3) is 0 Å². The molecule has 4 nitrogen and oxygen atoms in total. The van der Waals surface area contributed by atoms with Crippen LogP contribution in [0.5, 0.6) is 0 Å². The van der Waals surface area contributed by atoms with E-state index in [1.54, 1.807) is 36.7 Å². The summed E-state index contributed by atoms with van der Waals surface area (Å²) in [5.41, 5.74) is 2.65. The first-order valence-corrected chi connectivity index (χ1v) is 11.4. The minimum Gasteiger partial charge on any atom is -0.387 e. The second kappa shape index (κ2) is 12.9. The van der Waals surface area contributed by atoms with Gasteiger partial charge >= 0.3 is 0 Å². The van der Waals surface area contributed by atoms with Gasteiger partial charge in [-0.3, -0.25) is 4.79 Å². The molecule has 3 aromatic rings. The summed E-state index contributed by atoms with van der Waals surface area (Å²) in [5.74, 6) is -0.732. The third-order valence-corrected chi connectivity index (χ3v) is 5.40. The molecule has 0 saturated heterocycles. The van der Waals surface area contributed by atoms with Crippen LogP contribution in [0.2, 0.25) is 0 Å². The van der Waals surface area contributed by atoms with Gasteiger partial charge in [0.1, 0.15) is 17.7 Å². The fourth-order valence-electron chi connectivity index (χ4n) is 3.15. The molecule has 0 aliphatic rings. The van der Waals surface area contributed by atoms with E-state index < -0.39 is 6.10 Å². The number of halogens is 3. The van der Waals surface area contributed by atoms with Crippen molar-refractivity contribution < 1.29 is 18.3 Å². The second-order valence-corrected chi connectivity index (χ2v) is 8.25. The van der Waals surface area contributed by atoms with Crippen LogP contribution in [0.4, 0.5) is 8.78 Å². The summed E-state index contributed by atoms with van der Waals surface area (Å²) in [4.78, 5) is 11.9. The van der Waals surface area contributed by atoms with E-state index in [9.17, 15) is 13.6 Å². The molecule has 0 spiro atoms. The predicted molar refractivity (Wildman–Crippen MR) is 128 cm³/mol. The summed E-state index contributed by atoms with van der Waals surface area (Å²) in [5, 5.41) is 5.77. The molecule has 0 unspecified atom stereocenters. The van der Waals surface area contributed by atoms with Gasteiger partial charge < -0.3 is 15.4 Å². The van der Waals surface area contributed by atoms with Gasteiger partial charge in [0, 0.05) is 29.8 Å². The van der Waals surface area contributed by atoms with Gasteiger partial charge in [0.15, 0.2) is 0 Å². The molecule has 0 aromatic heterocycles. The monoisotopic (exact) mass is 514 g/mol. The lowest BCUT2D eigenvalue weighted by Gasteiger charge is -2.19. The van der Waals surface area contributed by atoms with Gasteiger partial charge in [0.2, 0.25) is 5.91 Å². The molecule has 3 aromatic carbocycles. The largest absolute Gasteiger partial charge is 0.387 e. The highest BCUT2D eigenvalue weighted by atomic mass is 79.9. The fourth-order valence-corrected chi connectivity index (χ4v) is 3.42. The Kier molecular flexibility index (Phi) is 9.59. The molecule has 0 heterocycles. The summed E-state index contributed by atoms with van der Waals surface area (Å²) in [6, 6.07) is 20.0. The lowest BCUT2D eigenvalue weighted by molar-refractivity contribution is -0.120. The van der Waals surface area contributed by atoms with Crippen LogP contribution in [-0.2, 0) is 16.0 Å². The molecule has 2 N–H and O–H groups in total. The Bertz CT molecular complexity index is 994. The van der Waals surface area contributed by atoms with E-state index in [2.05, 4.69) is 26.6 Å². The summed E-state index contributed by atoms with van der Waals surface area (Å²) in [6.45, 7) is 0.839. The zero-order valence-corrected chi connectivity index (χ0v) is 19.5.